The highest BCUT2D eigenvalue weighted by molar-refractivity contribution is 5.84. The van der Waals surface area contributed by atoms with E-state index in [0.29, 0.717) is 32.4 Å². The summed E-state index contributed by atoms with van der Waals surface area (Å²) in [6.45, 7) is 2.79. The fourth-order valence-corrected chi connectivity index (χ4v) is 5.66. The number of ether oxygens (including phenoxy) is 2. The molecule has 35 heavy (non-hydrogen) atoms. The third kappa shape index (κ3) is 4.50. The summed E-state index contributed by atoms with van der Waals surface area (Å²) in [6, 6.07) is 15.6. The number of nitrogens with zero attached hydrogens (tertiary/aromatic N) is 1. The highest BCUT2D eigenvalue weighted by atomic mass is 16.6. The van der Waals surface area contributed by atoms with E-state index >= 15 is 0 Å². The molecule has 2 heterocycles. The number of carbonyl (C=O) groups is 3. The Hall–Kier alpha value is -3.39. The molecule has 0 bridgehead atoms. The molecule has 2 amide bonds. The second kappa shape index (κ2) is 9.70. The van der Waals surface area contributed by atoms with Crippen LogP contribution >= 0.6 is 0 Å². The summed E-state index contributed by atoms with van der Waals surface area (Å²) in [6.07, 6.45) is -0.0151. The summed E-state index contributed by atoms with van der Waals surface area (Å²) in [4.78, 5) is 38.9. The summed E-state index contributed by atoms with van der Waals surface area (Å²) in [5.74, 6) is -1.51. The Balaban J connectivity index is 1.20. The van der Waals surface area contributed by atoms with Crippen molar-refractivity contribution in [1.82, 2.24) is 10.2 Å². The fraction of sp³-hybridized carbons (Fsp3) is 0.444. The minimum atomic E-state index is -0.823. The van der Waals surface area contributed by atoms with Gasteiger partial charge >= 0.3 is 12.1 Å². The van der Waals surface area contributed by atoms with Crippen molar-refractivity contribution < 1.29 is 29.0 Å². The number of carboxylic acids is 1. The number of carboxylic acid groups (broad SMARTS) is 1. The van der Waals surface area contributed by atoms with Crippen molar-refractivity contribution in [3.8, 4) is 11.1 Å². The maximum Gasteiger partial charge on any atom is 0.407 e. The molecule has 0 spiro atoms. The molecule has 5 rings (SSSR count). The second-order valence-corrected chi connectivity index (χ2v) is 9.60. The molecule has 184 valence electrons. The van der Waals surface area contributed by atoms with Crippen molar-refractivity contribution in [2.75, 3.05) is 19.8 Å². The van der Waals surface area contributed by atoms with Crippen molar-refractivity contribution in [1.29, 1.82) is 0 Å². The zero-order chi connectivity index (χ0) is 24.5. The number of rotatable bonds is 5. The van der Waals surface area contributed by atoms with Crippen molar-refractivity contribution in [3.05, 3.63) is 59.7 Å². The number of piperidine rings is 1. The number of hydrogen-bond acceptors (Lipinski definition) is 5. The molecule has 2 N–H and O–H groups in total. The number of carbonyl (C=O) groups excluding carboxylic acids is 2. The first-order chi connectivity index (χ1) is 16.9. The van der Waals surface area contributed by atoms with Crippen LogP contribution in [0.25, 0.3) is 11.1 Å². The van der Waals surface area contributed by atoms with E-state index in [1.54, 1.807) is 4.90 Å². The lowest BCUT2D eigenvalue weighted by Gasteiger charge is -2.38. The Morgan fingerprint density at radius 2 is 1.71 bits per heavy atom. The second-order valence-electron chi connectivity index (χ2n) is 9.60. The largest absolute Gasteiger partial charge is 0.481 e. The Morgan fingerprint density at radius 3 is 2.34 bits per heavy atom. The van der Waals surface area contributed by atoms with Gasteiger partial charge in [0.1, 0.15) is 6.61 Å². The van der Waals surface area contributed by atoms with Gasteiger partial charge < -0.3 is 24.8 Å². The maximum atomic E-state index is 13.2. The van der Waals surface area contributed by atoms with Crippen LogP contribution in [0.15, 0.2) is 48.5 Å². The first-order valence-electron chi connectivity index (χ1n) is 12.2. The molecule has 4 atom stereocenters. The third-order valence-electron chi connectivity index (χ3n) is 7.49. The quantitative estimate of drug-likeness (QED) is 0.683. The van der Waals surface area contributed by atoms with Crippen LogP contribution in [-0.2, 0) is 19.1 Å². The predicted molar refractivity (Wildman–Crippen MR) is 128 cm³/mol. The van der Waals surface area contributed by atoms with E-state index in [1.165, 1.54) is 0 Å². The van der Waals surface area contributed by atoms with Gasteiger partial charge in [-0.25, -0.2) is 4.79 Å². The van der Waals surface area contributed by atoms with Crippen LogP contribution in [0.4, 0.5) is 4.79 Å². The molecule has 0 saturated carbocycles. The number of alkyl carbamates (subject to hydrolysis) is 1. The average molecular weight is 479 g/mol. The number of aliphatic carboxylic acids is 1. The van der Waals surface area contributed by atoms with Crippen LogP contribution in [0, 0.1) is 5.92 Å². The monoisotopic (exact) mass is 478 g/mol. The van der Waals surface area contributed by atoms with Crippen molar-refractivity contribution in [3.63, 3.8) is 0 Å². The van der Waals surface area contributed by atoms with E-state index in [-0.39, 0.29) is 24.5 Å². The van der Waals surface area contributed by atoms with Crippen LogP contribution in [-0.4, -0.2) is 65.9 Å². The molecular weight excluding hydrogens is 448 g/mol. The van der Waals surface area contributed by atoms with E-state index in [2.05, 4.69) is 29.6 Å². The van der Waals surface area contributed by atoms with Crippen LogP contribution < -0.4 is 5.32 Å². The van der Waals surface area contributed by atoms with Gasteiger partial charge in [-0.1, -0.05) is 48.5 Å². The Labute approximate surface area is 204 Å². The molecule has 2 aromatic rings. The molecular formula is C27H30N2O6. The lowest BCUT2D eigenvalue weighted by Crippen LogP contribution is -2.54. The lowest BCUT2D eigenvalue weighted by molar-refractivity contribution is -0.151. The normalized spacial score (nSPS) is 25.6. The summed E-state index contributed by atoms with van der Waals surface area (Å²) >= 11 is 0. The van der Waals surface area contributed by atoms with E-state index in [1.807, 2.05) is 31.2 Å². The average Bonchev–Trinajstić information content (AvgIpc) is 3.44. The van der Waals surface area contributed by atoms with Gasteiger partial charge in [-0.3, -0.25) is 9.59 Å². The standard InChI is InChI=1S/C27H30N2O6/c1-16-14-17(26(31)32)10-12-29(16)25(30)24-23(11-13-34-24)28-27(33)35-15-22-20-8-4-2-6-18(20)19-7-3-5-9-21(19)22/h2-9,16-17,22-24H,10-15H2,1H3,(H,28,33)(H,31,32)/t16-,17-,23+,24-/m0/s1. The van der Waals surface area contributed by atoms with Gasteiger partial charge in [-0.2, -0.15) is 0 Å². The molecule has 0 radical (unpaired) electrons. The molecule has 1 aliphatic carbocycles. The molecule has 0 unspecified atom stereocenters. The summed E-state index contributed by atoms with van der Waals surface area (Å²) in [5, 5.41) is 12.1. The van der Waals surface area contributed by atoms with Crippen molar-refractivity contribution in [2.45, 2.75) is 50.3 Å². The number of fused-ring (bicyclic) bond motifs is 3. The molecule has 2 fully saturated rings. The Kier molecular flexibility index (Phi) is 6.47. The van der Waals surface area contributed by atoms with E-state index in [4.69, 9.17) is 9.47 Å². The maximum absolute atomic E-state index is 13.2. The summed E-state index contributed by atoms with van der Waals surface area (Å²) < 4.78 is 11.3. The first-order valence-corrected chi connectivity index (χ1v) is 12.2. The van der Waals surface area contributed by atoms with Crippen LogP contribution in [0.2, 0.25) is 0 Å². The smallest absolute Gasteiger partial charge is 0.407 e. The highest BCUT2D eigenvalue weighted by Crippen LogP contribution is 2.44. The number of amides is 2. The van der Waals surface area contributed by atoms with Crippen LogP contribution in [0.3, 0.4) is 0 Å². The van der Waals surface area contributed by atoms with Crippen molar-refractivity contribution >= 4 is 18.0 Å². The van der Waals surface area contributed by atoms with E-state index in [0.717, 1.165) is 22.3 Å². The molecule has 2 saturated heterocycles. The number of benzene rings is 2. The van der Waals surface area contributed by atoms with Gasteiger partial charge in [0.05, 0.1) is 12.0 Å². The van der Waals surface area contributed by atoms with Gasteiger partial charge in [-0.05, 0) is 48.4 Å². The van der Waals surface area contributed by atoms with Gasteiger partial charge in [0.2, 0.25) is 0 Å². The minimum absolute atomic E-state index is 0.0400. The molecule has 2 aliphatic heterocycles. The Morgan fingerprint density at radius 1 is 1.06 bits per heavy atom. The van der Waals surface area contributed by atoms with E-state index < -0.39 is 30.1 Å². The predicted octanol–water partition coefficient (Wildman–Crippen LogP) is 3.39. The molecule has 8 nitrogen and oxygen atoms in total. The molecule has 8 heteroatoms. The van der Waals surface area contributed by atoms with E-state index in [9.17, 15) is 19.5 Å². The molecule has 0 aromatic heterocycles. The Bertz CT molecular complexity index is 1090. The van der Waals surface area contributed by atoms with Gasteiger partial charge in [-0.15, -0.1) is 0 Å². The summed E-state index contributed by atoms with van der Waals surface area (Å²) in [5.41, 5.74) is 4.59. The summed E-state index contributed by atoms with van der Waals surface area (Å²) in [7, 11) is 0. The molecule has 3 aliphatic rings. The van der Waals surface area contributed by atoms with Crippen LogP contribution in [0.5, 0.6) is 0 Å². The van der Waals surface area contributed by atoms with Crippen LogP contribution in [0.1, 0.15) is 43.2 Å². The first kappa shape index (κ1) is 23.4. The van der Waals surface area contributed by atoms with Gasteiger partial charge in [0, 0.05) is 25.1 Å². The number of hydrogen-bond donors (Lipinski definition) is 2. The SMILES string of the molecule is C[C@H]1C[C@@H](C(=O)O)CCN1C(=O)[C@H]1OCC[C@H]1NC(=O)OCC1c2ccccc2-c2ccccc21. The van der Waals surface area contributed by atoms with Gasteiger partial charge in [0.15, 0.2) is 6.10 Å². The van der Waals surface area contributed by atoms with Crippen molar-refractivity contribution in [2.24, 2.45) is 5.92 Å². The third-order valence-corrected chi connectivity index (χ3v) is 7.49. The number of nitrogens with one attached hydrogen (secondary N) is 1. The topological polar surface area (TPSA) is 105 Å². The van der Waals surface area contributed by atoms with Gasteiger partial charge in [0.25, 0.3) is 5.91 Å². The highest BCUT2D eigenvalue weighted by Gasteiger charge is 2.41. The fourth-order valence-electron chi connectivity index (χ4n) is 5.66. The zero-order valence-electron chi connectivity index (χ0n) is 19.7. The minimum Gasteiger partial charge on any atom is -0.481 e. The lowest BCUT2D eigenvalue weighted by atomic mass is 9.91. The molecule has 2 aromatic carbocycles. The zero-order valence-corrected chi connectivity index (χ0v) is 19.7. The number of likely N-dealkylation sites (tertiary alicyclic amines) is 1.